The second-order valence-corrected chi connectivity index (χ2v) is 4.24. The number of anilines is 1. The van der Waals surface area contributed by atoms with Gasteiger partial charge in [-0.05, 0) is 18.9 Å². The Morgan fingerprint density at radius 2 is 2.33 bits per heavy atom. The molecule has 0 spiro atoms. The summed E-state index contributed by atoms with van der Waals surface area (Å²) < 4.78 is 0. The smallest absolute Gasteiger partial charge is 0.205 e. The first kappa shape index (κ1) is 10.1. The Labute approximate surface area is 93.2 Å². The average Bonchev–Trinajstić information content (AvgIpc) is 2.71. The van der Waals surface area contributed by atoms with Gasteiger partial charge < -0.3 is 5.32 Å². The van der Waals surface area contributed by atoms with E-state index in [1.165, 1.54) is 22.5 Å². The van der Waals surface area contributed by atoms with Crippen molar-refractivity contribution in [1.82, 2.24) is 10.2 Å². The fraction of sp³-hybridized carbons (Fsp3) is 0.273. The first-order valence-electron chi connectivity index (χ1n) is 4.90. The number of benzene rings is 1. The standard InChI is InChI=1S/C11H13N3S/c1-9-3-2-4-10(7-9)5-6-12-11-14-13-8-15-11/h2-4,7-8H,5-6H2,1H3,(H,12,14). The van der Waals surface area contributed by atoms with E-state index in [4.69, 9.17) is 0 Å². The molecule has 1 aromatic heterocycles. The van der Waals surface area contributed by atoms with Crippen molar-refractivity contribution in [2.24, 2.45) is 0 Å². The van der Waals surface area contributed by atoms with Crippen LogP contribution in [0, 0.1) is 6.92 Å². The quantitative estimate of drug-likeness (QED) is 0.858. The third kappa shape index (κ3) is 3.02. The maximum atomic E-state index is 3.92. The van der Waals surface area contributed by atoms with Gasteiger partial charge in [0, 0.05) is 6.54 Å². The summed E-state index contributed by atoms with van der Waals surface area (Å²) in [7, 11) is 0. The highest BCUT2D eigenvalue weighted by molar-refractivity contribution is 7.13. The van der Waals surface area contributed by atoms with E-state index in [0.29, 0.717) is 0 Å². The van der Waals surface area contributed by atoms with Crippen LogP contribution in [0.2, 0.25) is 0 Å². The molecule has 2 aromatic rings. The van der Waals surface area contributed by atoms with Gasteiger partial charge in [0.2, 0.25) is 5.13 Å². The van der Waals surface area contributed by atoms with Gasteiger partial charge in [-0.15, -0.1) is 10.2 Å². The zero-order valence-corrected chi connectivity index (χ0v) is 9.42. The molecule has 78 valence electrons. The zero-order chi connectivity index (χ0) is 10.5. The minimum absolute atomic E-state index is 0.891. The summed E-state index contributed by atoms with van der Waals surface area (Å²) in [6.45, 7) is 3.01. The van der Waals surface area contributed by atoms with Gasteiger partial charge in [0.15, 0.2) is 0 Å². The first-order chi connectivity index (χ1) is 7.34. The SMILES string of the molecule is Cc1cccc(CCNc2nncs2)c1. The summed E-state index contributed by atoms with van der Waals surface area (Å²) in [6.07, 6.45) is 1.02. The fourth-order valence-corrected chi connectivity index (χ4v) is 1.91. The van der Waals surface area contributed by atoms with Crippen molar-refractivity contribution < 1.29 is 0 Å². The molecule has 1 aromatic carbocycles. The summed E-state index contributed by atoms with van der Waals surface area (Å²) in [4.78, 5) is 0. The predicted octanol–water partition coefficient (Wildman–Crippen LogP) is 2.50. The Hall–Kier alpha value is -1.42. The van der Waals surface area contributed by atoms with Crippen LogP contribution in [0.5, 0.6) is 0 Å². The maximum absolute atomic E-state index is 3.92. The molecule has 1 heterocycles. The van der Waals surface area contributed by atoms with E-state index in [-0.39, 0.29) is 0 Å². The number of hydrogen-bond acceptors (Lipinski definition) is 4. The van der Waals surface area contributed by atoms with E-state index in [0.717, 1.165) is 18.1 Å². The summed E-state index contributed by atoms with van der Waals surface area (Å²) in [5, 5.41) is 11.8. The molecule has 0 amide bonds. The van der Waals surface area contributed by atoms with Gasteiger partial charge in [0.25, 0.3) is 0 Å². The molecule has 0 aliphatic heterocycles. The van der Waals surface area contributed by atoms with Crippen LogP contribution in [0.1, 0.15) is 11.1 Å². The molecule has 0 fully saturated rings. The molecule has 0 aliphatic rings. The van der Waals surface area contributed by atoms with E-state index in [9.17, 15) is 0 Å². The Morgan fingerprint density at radius 3 is 3.07 bits per heavy atom. The number of aromatic nitrogens is 2. The van der Waals surface area contributed by atoms with E-state index in [1.807, 2.05) is 0 Å². The molecule has 4 heteroatoms. The zero-order valence-electron chi connectivity index (χ0n) is 8.60. The van der Waals surface area contributed by atoms with Gasteiger partial charge in [0.05, 0.1) is 0 Å². The minimum Gasteiger partial charge on any atom is -0.360 e. The van der Waals surface area contributed by atoms with Crippen LogP contribution in [-0.2, 0) is 6.42 Å². The second kappa shape index (κ2) is 4.89. The van der Waals surface area contributed by atoms with Crippen molar-refractivity contribution in [2.75, 3.05) is 11.9 Å². The van der Waals surface area contributed by atoms with Crippen molar-refractivity contribution in [3.63, 3.8) is 0 Å². The lowest BCUT2D eigenvalue weighted by molar-refractivity contribution is 0.992. The minimum atomic E-state index is 0.891. The topological polar surface area (TPSA) is 37.8 Å². The summed E-state index contributed by atoms with van der Waals surface area (Å²) >= 11 is 1.53. The Kier molecular flexibility index (Phi) is 3.29. The third-order valence-corrected chi connectivity index (χ3v) is 2.78. The number of rotatable bonds is 4. The maximum Gasteiger partial charge on any atom is 0.205 e. The molecule has 0 atom stereocenters. The van der Waals surface area contributed by atoms with Crippen molar-refractivity contribution in [3.8, 4) is 0 Å². The van der Waals surface area contributed by atoms with Gasteiger partial charge in [-0.2, -0.15) is 0 Å². The third-order valence-electron chi connectivity index (χ3n) is 2.13. The molecular formula is C11H13N3S. The first-order valence-corrected chi connectivity index (χ1v) is 5.78. The molecule has 1 N–H and O–H groups in total. The lowest BCUT2D eigenvalue weighted by Crippen LogP contribution is -2.04. The van der Waals surface area contributed by atoms with Gasteiger partial charge in [-0.1, -0.05) is 41.2 Å². The molecule has 0 radical (unpaired) electrons. The highest BCUT2D eigenvalue weighted by atomic mass is 32.1. The monoisotopic (exact) mass is 219 g/mol. The number of nitrogens with zero attached hydrogens (tertiary/aromatic N) is 2. The molecule has 0 aliphatic carbocycles. The van der Waals surface area contributed by atoms with Gasteiger partial charge in [-0.25, -0.2) is 0 Å². The van der Waals surface area contributed by atoms with Crippen LogP contribution in [0.4, 0.5) is 5.13 Å². The van der Waals surface area contributed by atoms with E-state index in [1.54, 1.807) is 5.51 Å². The Bertz CT molecular complexity index is 412. The Morgan fingerprint density at radius 1 is 1.40 bits per heavy atom. The molecule has 0 saturated heterocycles. The molecular weight excluding hydrogens is 206 g/mol. The van der Waals surface area contributed by atoms with Crippen LogP contribution < -0.4 is 5.32 Å². The van der Waals surface area contributed by atoms with Crippen molar-refractivity contribution in [1.29, 1.82) is 0 Å². The van der Waals surface area contributed by atoms with Crippen LogP contribution in [0.15, 0.2) is 29.8 Å². The highest BCUT2D eigenvalue weighted by Crippen LogP contribution is 2.09. The summed E-state index contributed by atoms with van der Waals surface area (Å²) in [6, 6.07) is 8.56. The molecule has 0 unspecified atom stereocenters. The number of hydrogen-bond donors (Lipinski definition) is 1. The van der Waals surface area contributed by atoms with Crippen LogP contribution in [-0.4, -0.2) is 16.7 Å². The average molecular weight is 219 g/mol. The van der Waals surface area contributed by atoms with Crippen LogP contribution >= 0.6 is 11.3 Å². The van der Waals surface area contributed by atoms with E-state index >= 15 is 0 Å². The Balaban J connectivity index is 1.83. The number of aryl methyl sites for hydroxylation is 1. The molecule has 0 bridgehead atoms. The van der Waals surface area contributed by atoms with Crippen molar-refractivity contribution in [3.05, 3.63) is 40.9 Å². The van der Waals surface area contributed by atoms with Crippen molar-refractivity contribution in [2.45, 2.75) is 13.3 Å². The lowest BCUT2D eigenvalue weighted by atomic mass is 10.1. The lowest BCUT2D eigenvalue weighted by Gasteiger charge is -2.03. The predicted molar refractivity (Wildman–Crippen MR) is 63.3 cm³/mol. The van der Waals surface area contributed by atoms with Gasteiger partial charge in [0.1, 0.15) is 5.51 Å². The van der Waals surface area contributed by atoms with Gasteiger partial charge in [-0.3, -0.25) is 0 Å². The van der Waals surface area contributed by atoms with Crippen LogP contribution in [0.3, 0.4) is 0 Å². The summed E-state index contributed by atoms with van der Waals surface area (Å²) in [5.41, 5.74) is 4.39. The largest absolute Gasteiger partial charge is 0.360 e. The van der Waals surface area contributed by atoms with Crippen LogP contribution in [0.25, 0.3) is 0 Å². The van der Waals surface area contributed by atoms with Gasteiger partial charge >= 0.3 is 0 Å². The second-order valence-electron chi connectivity index (χ2n) is 3.41. The molecule has 15 heavy (non-hydrogen) atoms. The normalized spacial score (nSPS) is 10.2. The van der Waals surface area contributed by atoms with E-state index in [2.05, 4.69) is 46.7 Å². The molecule has 3 nitrogen and oxygen atoms in total. The fourth-order valence-electron chi connectivity index (χ4n) is 1.43. The highest BCUT2D eigenvalue weighted by Gasteiger charge is 1.96. The summed E-state index contributed by atoms with van der Waals surface area (Å²) in [5.74, 6) is 0. The molecule has 0 saturated carbocycles. The van der Waals surface area contributed by atoms with Crippen molar-refractivity contribution >= 4 is 16.5 Å². The van der Waals surface area contributed by atoms with E-state index < -0.39 is 0 Å². The molecule has 2 rings (SSSR count). The number of nitrogens with one attached hydrogen (secondary N) is 1.